The number of nitro groups is 1. The summed E-state index contributed by atoms with van der Waals surface area (Å²) in [5.41, 5.74) is 2.45. The maximum atomic E-state index is 12.7. The van der Waals surface area contributed by atoms with Crippen molar-refractivity contribution in [3.63, 3.8) is 0 Å². The Morgan fingerprint density at radius 1 is 1.19 bits per heavy atom. The molecule has 0 saturated carbocycles. The van der Waals surface area contributed by atoms with E-state index in [1.807, 2.05) is 38.1 Å². The molecule has 162 valence electrons. The van der Waals surface area contributed by atoms with Crippen LogP contribution >= 0.6 is 0 Å². The van der Waals surface area contributed by atoms with Crippen LogP contribution in [0.3, 0.4) is 0 Å². The molecule has 0 aliphatic heterocycles. The Kier molecular flexibility index (Phi) is 6.96. The van der Waals surface area contributed by atoms with Crippen molar-refractivity contribution >= 4 is 11.6 Å². The fourth-order valence-electron chi connectivity index (χ4n) is 3.02. The molecule has 9 heteroatoms. The maximum Gasteiger partial charge on any atom is 0.272 e. The smallest absolute Gasteiger partial charge is 0.272 e. The number of nitrogens with zero attached hydrogens (tertiary/aromatic N) is 4. The number of hydrogen-bond donors (Lipinski definition) is 0. The topological polar surface area (TPSA) is 112 Å². The maximum absolute atomic E-state index is 12.7. The third kappa shape index (κ3) is 5.65. The van der Waals surface area contributed by atoms with E-state index in [4.69, 9.17) is 9.26 Å². The average molecular weight is 424 g/mol. The molecule has 0 bridgehead atoms. The highest BCUT2D eigenvalue weighted by Gasteiger charge is 2.19. The highest BCUT2D eigenvalue weighted by molar-refractivity contribution is 5.77. The lowest BCUT2D eigenvalue weighted by molar-refractivity contribution is -0.385. The van der Waals surface area contributed by atoms with Gasteiger partial charge in [0.1, 0.15) is 12.3 Å². The molecule has 0 unspecified atom stereocenters. The van der Waals surface area contributed by atoms with Crippen LogP contribution < -0.4 is 4.74 Å². The fraction of sp³-hybridized carbons (Fsp3) is 0.318. The zero-order valence-electron chi connectivity index (χ0n) is 17.7. The first kappa shape index (κ1) is 21.9. The molecule has 0 spiro atoms. The Labute approximate surface area is 179 Å². The zero-order chi connectivity index (χ0) is 22.4. The van der Waals surface area contributed by atoms with Gasteiger partial charge in [0, 0.05) is 23.7 Å². The molecule has 0 aliphatic rings. The number of hydrogen-bond acceptors (Lipinski definition) is 7. The SMILES string of the molecule is CCCN(Cc1nc(-c2ccc(C)cc2)no1)C(=O)COc1ccc([N+](=O)[O-])c(C)c1. The number of aromatic nitrogens is 2. The van der Waals surface area contributed by atoms with Crippen molar-refractivity contribution in [3.05, 3.63) is 69.6 Å². The van der Waals surface area contributed by atoms with Crippen LogP contribution in [0.5, 0.6) is 5.75 Å². The lowest BCUT2D eigenvalue weighted by Crippen LogP contribution is -2.35. The minimum absolute atomic E-state index is 0.00654. The first-order valence-corrected chi connectivity index (χ1v) is 9.92. The van der Waals surface area contributed by atoms with Crippen LogP contribution in [0.15, 0.2) is 47.0 Å². The standard InChI is InChI=1S/C22H24N4O5/c1-4-11-25(13-20-23-22(24-31-20)17-7-5-15(2)6-8-17)21(27)14-30-18-9-10-19(26(28)29)16(3)12-18/h5-10,12H,4,11,13-14H2,1-3H3. The molecule has 3 rings (SSSR count). The van der Waals surface area contributed by atoms with Crippen LogP contribution in [-0.4, -0.2) is 39.0 Å². The largest absolute Gasteiger partial charge is 0.484 e. The molecule has 2 aromatic carbocycles. The molecule has 0 N–H and O–H groups in total. The summed E-state index contributed by atoms with van der Waals surface area (Å²) in [6, 6.07) is 12.2. The van der Waals surface area contributed by atoms with E-state index in [9.17, 15) is 14.9 Å². The Morgan fingerprint density at radius 2 is 1.94 bits per heavy atom. The van der Waals surface area contributed by atoms with Crippen molar-refractivity contribution in [1.29, 1.82) is 0 Å². The monoisotopic (exact) mass is 424 g/mol. The van der Waals surface area contributed by atoms with E-state index in [1.54, 1.807) is 17.9 Å². The van der Waals surface area contributed by atoms with Gasteiger partial charge in [-0.3, -0.25) is 14.9 Å². The summed E-state index contributed by atoms with van der Waals surface area (Å²) in [6.45, 7) is 6.07. The van der Waals surface area contributed by atoms with Gasteiger partial charge in [-0.15, -0.1) is 0 Å². The minimum Gasteiger partial charge on any atom is -0.484 e. The molecule has 0 saturated heterocycles. The first-order valence-electron chi connectivity index (χ1n) is 9.92. The molecule has 1 amide bonds. The van der Waals surface area contributed by atoms with Gasteiger partial charge < -0.3 is 14.2 Å². The van der Waals surface area contributed by atoms with Crippen LogP contribution in [0.4, 0.5) is 5.69 Å². The van der Waals surface area contributed by atoms with Gasteiger partial charge in [-0.2, -0.15) is 4.98 Å². The summed E-state index contributed by atoms with van der Waals surface area (Å²) in [5, 5.41) is 14.9. The van der Waals surface area contributed by atoms with Crippen molar-refractivity contribution in [2.24, 2.45) is 0 Å². The molecular formula is C22H24N4O5. The zero-order valence-corrected chi connectivity index (χ0v) is 17.7. The summed E-state index contributed by atoms with van der Waals surface area (Å²) in [4.78, 5) is 29.1. The van der Waals surface area contributed by atoms with Gasteiger partial charge in [-0.25, -0.2) is 0 Å². The minimum atomic E-state index is -0.456. The molecular weight excluding hydrogens is 400 g/mol. The molecule has 0 aliphatic carbocycles. The third-order valence-electron chi connectivity index (χ3n) is 4.68. The van der Waals surface area contributed by atoms with Gasteiger partial charge in [0.25, 0.3) is 11.6 Å². The van der Waals surface area contributed by atoms with E-state index in [1.165, 1.54) is 12.1 Å². The highest BCUT2D eigenvalue weighted by Crippen LogP contribution is 2.23. The van der Waals surface area contributed by atoms with Crippen molar-refractivity contribution in [2.45, 2.75) is 33.7 Å². The summed E-state index contributed by atoms with van der Waals surface area (Å²) < 4.78 is 10.9. The second kappa shape index (κ2) is 9.84. The van der Waals surface area contributed by atoms with Gasteiger partial charge >= 0.3 is 0 Å². The molecule has 0 radical (unpaired) electrons. The number of rotatable bonds is 9. The number of aryl methyl sites for hydroxylation is 2. The Balaban J connectivity index is 1.63. The van der Waals surface area contributed by atoms with E-state index in [0.717, 1.165) is 17.5 Å². The molecule has 1 aromatic heterocycles. The number of nitro benzene ring substituents is 1. The van der Waals surface area contributed by atoms with Gasteiger partial charge in [0.05, 0.1) is 4.92 Å². The van der Waals surface area contributed by atoms with Crippen molar-refractivity contribution in [1.82, 2.24) is 15.0 Å². The number of carbonyl (C=O) groups is 1. The Morgan fingerprint density at radius 3 is 2.58 bits per heavy atom. The molecule has 0 fully saturated rings. The van der Waals surface area contributed by atoms with Crippen LogP contribution in [0, 0.1) is 24.0 Å². The molecule has 3 aromatic rings. The second-order valence-electron chi connectivity index (χ2n) is 7.19. The molecule has 9 nitrogen and oxygen atoms in total. The van der Waals surface area contributed by atoms with Crippen molar-refractivity contribution < 1.29 is 19.0 Å². The van der Waals surface area contributed by atoms with Gasteiger partial charge in [-0.1, -0.05) is 41.9 Å². The first-order chi connectivity index (χ1) is 14.9. The van der Waals surface area contributed by atoms with E-state index in [-0.39, 0.29) is 24.7 Å². The number of carbonyl (C=O) groups excluding carboxylic acids is 1. The lowest BCUT2D eigenvalue weighted by atomic mass is 10.1. The second-order valence-corrected chi connectivity index (χ2v) is 7.19. The van der Waals surface area contributed by atoms with Crippen molar-refractivity contribution in [3.8, 4) is 17.1 Å². The Bertz CT molecular complexity index is 1060. The van der Waals surface area contributed by atoms with Crippen LogP contribution in [0.1, 0.15) is 30.4 Å². The third-order valence-corrected chi connectivity index (χ3v) is 4.68. The van der Waals surface area contributed by atoms with Crippen LogP contribution in [0.25, 0.3) is 11.4 Å². The normalized spacial score (nSPS) is 10.7. The summed E-state index contributed by atoms with van der Waals surface area (Å²) in [6.07, 6.45) is 0.751. The highest BCUT2D eigenvalue weighted by atomic mass is 16.6. The van der Waals surface area contributed by atoms with E-state index < -0.39 is 4.92 Å². The van der Waals surface area contributed by atoms with Gasteiger partial charge in [0.2, 0.25) is 11.7 Å². The quantitative estimate of drug-likeness (QED) is 0.376. The molecule has 1 heterocycles. The summed E-state index contributed by atoms with van der Waals surface area (Å²) in [7, 11) is 0. The average Bonchev–Trinajstić information content (AvgIpc) is 3.20. The van der Waals surface area contributed by atoms with E-state index >= 15 is 0 Å². The van der Waals surface area contributed by atoms with E-state index in [2.05, 4.69) is 10.1 Å². The fourth-order valence-corrected chi connectivity index (χ4v) is 3.02. The number of amides is 1. The van der Waals surface area contributed by atoms with Crippen LogP contribution in [0.2, 0.25) is 0 Å². The van der Waals surface area contributed by atoms with Crippen LogP contribution in [-0.2, 0) is 11.3 Å². The molecule has 0 atom stereocenters. The summed E-state index contributed by atoms with van der Waals surface area (Å²) >= 11 is 0. The van der Waals surface area contributed by atoms with Gasteiger partial charge in [-0.05, 0) is 32.4 Å². The van der Waals surface area contributed by atoms with Crippen molar-refractivity contribution in [2.75, 3.05) is 13.2 Å². The van der Waals surface area contributed by atoms with E-state index in [0.29, 0.717) is 29.6 Å². The predicted octanol–water partition coefficient (Wildman–Crippen LogP) is 4.08. The lowest BCUT2D eigenvalue weighted by Gasteiger charge is -2.20. The summed E-state index contributed by atoms with van der Waals surface area (Å²) in [5.74, 6) is 0.959. The Hall–Kier alpha value is -3.75. The molecule has 31 heavy (non-hydrogen) atoms. The predicted molar refractivity (Wildman–Crippen MR) is 114 cm³/mol. The number of benzene rings is 2. The van der Waals surface area contributed by atoms with Gasteiger partial charge in [0.15, 0.2) is 6.61 Å². The number of ether oxygens (including phenoxy) is 1.